The summed E-state index contributed by atoms with van der Waals surface area (Å²) in [6, 6.07) is 4.42. The van der Waals surface area contributed by atoms with Crippen molar-refractivity contribution in [3.63, 3.8) is 0 Å². The van der Waals surface area contributed by atoms with Crippen molar-refractivity contribution in [1.29, 1.82) is 0 Å². The predicted molar refractivity (Wildman–Crippen MR) is 55.8 cm³/mol. The number of ether oxygens (including phenoxy) is 1. The van der Waals surface area contributed by atoms with Crippen LogP contribution in [0, 0.1) is 0 Å². The quantitative estimate of drug-likeness (QED) is 0.764. The lowest BCUT2D eigenvalue weighted by Gasteiger charge is -2.03. The lowest BCUT2D eigenvalue weighted by atomic mass is 10.2. The third-order valence-corrected chi connectivity index (χ3v) is 3.34. The molecule has 0 spiro atoms. The number of hydrogen-bond donors (Lipinski definition) is 0. The molecule has 0 fully saturated rings. The topological polar surface area (TPSA) is 56.5 Å². The highest BCUT2D eigenvalue weighted by Gasteiger charge is 2.15. The normalized spacial score (nSPS) is 11.9. The molecule has 6 heteroatoms. The van der Waals surface area contributed by atoms with Crippen LogP contribution in [0.5, 0.6) is 5.75 Å². The monoisotopic (exact) mass is 246 g/mol. The fourth-order valence-electron chi connectivity index (χ4n) is 1.32. The van der Waals surface area contributed by atoms with E-state index in [4.69, 9.17) is 19.8 Å². The summed E-state index contributed by atoms with van der Waals surface area (Å²) in [5.74, 6) is 0.417. The maximum absolute atomic E-state index is 11.1. The highest BCUT2D eigenvalue weighted by Crippen LogP contribution is 2.31. The van der Waals surface area contributed by atoms with Crippen LogP contribution in [0.4, 0.5) is 0 Å². The van der Waals surface area contributed by atoms with Crippen LogP contribution in [0.25, 0.3) is 11.0 Å². The number of hydrogen-bond acceptors (Lipinski definition) is 4. The molecule has 0 unspecified atom stereocenters. The SMILES string of the molecule is COc1cc(S(=O)(=O)Cl)cc2occc12. The Morgan fingerprint density at radius 3 is 2.73 bits per heavy atom. The van der Waals surface area contributed by atoms with Crippen molar-refractivity contribution in [2.24, 2.45) is 0 Å². The highest BCUT2D eigenvalue weighted by atomic mass is 35.7. The minimum Gasteiger partial charge on any atom is -0.496 e. The smallest absolute Gasteiger partial charge is 0.261 e. The summed E-state index contributed by atoms with van der Waals surface area (Å²) < 4.78 is 32.4. The molecule has 1 aromatic heterocycles. The second-order valence-corrected chi connectivity index (χ2v) is 5.46. The predicted octanol–water partition coefficient (Wildman–Crippen LogP) is 2.37. The van der Waals surface area contributed by atoms with Crippen molar-refractivity contribution in [2.75, 3.05) is 7.11 Å². The Morgan fingerprint density at radius 1 is 1.40 bits per heavy atom. The standard InChI is InChI=1S/C9H7ClO4S/c1-13-8-4-6(15(10,11)12)5-9-7(8)2-3-14-9/h2-5H,1H3. The lowest BCUT2D eigenvalue weighted by molar-refractivity contribution is 0.418. The molecule has 1 heterocycles. The van der Waals surface area contributed by atoms with Crippen molar-refractivity contribution in [2.45, 2.75) is 4.90 Å². The first kappa shape index (κ1) is 10.3. The van der Waals surface area contributed by atoms with Crippen molar-refractivity contribution in [3.05, 3.63) is 24.5 Å². The van der Waals surface area contributed by atoms with E-state index in [9.17, 15) is 8.42 Å². The van der Waals surface area contributed by atoms with Crippen LogP contribution in [-0.4, -0.2) is 15.5 Å². The first-order valence-electron chi connectivity index (χ1n) is 4.02. The molecule has 15 heavy (non-hydrogen) atoms. The van der Waals surface area contributed by atoms with Gasteiger partial charge in [-0.25, -0.2) is 8.42 Å². The zero-order valence-electron chi connectivity index (χ0n) is 7.73. The van der Waals surface area contributed by atoms with E-state index >= 15 is 0 Å². The third-order valence-electron chi connectivity index (χ3n) is 2.01. The van der Waals surface area contributed by atoms with E-state index in [1.807, 2.05) is 0 Å². The summed E-state index contributed by atoms with van der Waals surface area (Å²) in [5, 5.41) is 0.710. The Labute approximate surface area is 90.8 Å². The van der Waals surface area contributed by atoms with Gasteiger partial charge in [0.2, 0.25) is 0 Å². The fraction of sp³-hybridized carbons (Fsp3) is 0.111. The van der Waals surface area contributed by atoms with E-state index in [-0.39, 0.29) is 4.90 Å². The minimum atomic E-state index is -3.77. The van der Waals surface area contributed by atoms with E-state index in [1.54, 1.807) is 6.07 Å². The molecule has 0 atom stereocenters. The van der Waals surface area contributed by atoms with Gasteiger partial charge >= 0.3 is 0 Å². The average molecular weight is 247 g/mol. The molecule has 0 saturated carbocycles. The summed E-state index contributed by atoms with van der Waals surface area (Å²) in [4.78, 5) is -0.0385. The Kier molecular flexibility index (Phi) is 2.36. The third kappa shape index (κ3) is 1.80. The molecular formula is C9H7ClO4S. The number of fused-ring (bicyclic) bond motifs is 1. The number of furan rings is 1. The molecule has 80 valence electrons. The Hall–Kier alpha value is -1.20. The van der Waals surface area contributed by atoms with Gasteiger partial charge in [0, 0.05) is 22.8 Å². The van der Waals surface area contributed by atoms with Gasteiger partial charge < -0.3 is 9.15 Å². The maximum atomic E-state index is 11.1. The van der Waals surface area contributed by atoms with E-state index < -0.39 is 9.05 Å². The second kappa shape index (κ2) is 3.43. The number of halogens is 1. The number of benzene rings is 1. The lowest BCUT2D eigenvalue weighted by Crippen LogP contribution is -1.92. The molecule has 0 bridgehead atoms. The molecule has 0 aliphatic heterocycles. The molecule has 2 aromatic rings. The Bertz CT molecular complexity index is 600. The van der Waals surface area contributed by atoms with Crippen LogP contribution < -0.4 is 4.74 Å². The summed E-state index contributed by atoms with van der Waals surface area (Å²) in [7, 11) is 2.91. The van der Waals surface area contributed by atoms with Crippen LogP contribution in [0.1, 0.15) is 0 Å². The van der Waals surface area contributed by atoms with E-state index in [0.29, 0.717) is 16.7 Å². The minimum absolute atomic E-state index is 0.0385. The first-order valence-corrected chi connectivity index (χ1v) is 6.33. The molecule has 0 N–H and O–H groups in total. The summed E-state index contributed by atoms with van der Waals surface area (Å²) in [5.41, 5.74) is 0.425. The van der Waals surface area contributed by atoms with Crippen LogP contribution >= 0.6 is 10.7 Å². The average Bonchev–Trinajstić information content (AvgIpc) is 2.62. The Morgan fingerprint density at radius 2 is 2.13 bits per heavy atom. The second-order valence-electron chi connectivity index (χ2n) is 2.90. The summed E-state index contributed by atoms with van der Waals surface area (Å²) >= 11 is 0. The van der Waals surface area contributed by atoms with Gasteiger partial charge in [-0.3, -0.25) is 0 Å². The van der Waals surface area contributed by atoms with Crippen LogP contribution in [-0.2, 0) is 9.05 Å². The van der Waals surface area contributed by atoms with Crippen LogP contribution in [0.3, 0.4) is 0 Å². The fourth-order valence-corrected chi connectivity index (χ4v) is 2.09. The molecule has 2 rings (SSSR count). The first-order chi connectivity index (χ1) is 7.02. The molecule has 0 aliphatic carbocycles. The number of rotatable bonds is 2. The van der Waals surface area contributed by atoms with Gasteiger partial charge in [-0.1, -0.05) is 0 Å². The van der Waals surface area contributed by atoms with Crippen molar-refractivity contribution < 1.29 is 17.6 Å². The van der Waals surface area contributed by atoms with Crippen LogP contribution in [0.15, 0.2) is 33.8 Å². The zero-order valence-corrected chi connectivity index (χ0v) is 9.30. The molecule has 0 amide bonds. The van der Waals surface area contributed by atoms with E-state index in [0.717, 1.165) is 0 Å². The van der Waals surface area contributed by atoms with Gasteiger partial charge in [0.25, 0.3) is 9.05 Å². The van der Waals surface area contributed by atoms with Crippen molar-refractivity contribution >= 4 is 30.7 Å². The van der Waals surface area contributed by atoms with Crippen molar-refractivity contribution in [1.82, 2.24) is 0 Å². The molecule has 4 nitrogen and oxygen atoms in total. The summed E-state index contributed by atoms with van der Waals surface area (Å²) in [6.07, 6.45) is 1.46. The molecular weight excluding hydrogens is 240 g/mol. The summed E-state index contributed by atoms with van der Waals surface area (Å²) in [6.45, 7) is 0. The van der Waals surface area contributed by atoms with Gasteiger partial charge in [-0.15, -0.1) is 0 Å². The molecule has 0 aliphatic rings. The van der Waals surface area contributed by atoms with E-state index in [1.165, 1.54) is 25.5 Å². The largest absolute Gasteiger partial charge is 0.496 e. The van der Waals surface area contributed by atoms with Crippen molar-refractivity contribution in [3.8, 4) is 5.75 Å². The molecule has 0 radical (unpaired) electrons. The van der Waals surface area contributed by atoms with Gasteiger partial charge in [0.15, 0.2) is 0 Å². The molecule has 1 aromatic carbocycles. The maximum Gasteiger partial charge on any atom is 0.261 e. The zero-order chi connectivity index (χ0) is 11.1. The van der Waals surface area contributed by atoms with Gasteiger partial charge in [0.1, 0.15) is 11.3 Å². The van der Waals surface area contributed by atoms with Gasteiger partial charge in [-0.2, -0.15) is 0 Å². The van der Waals surface area contributed by atoms with Gasteiger partial charge in [-0.05, 0) is 6.07 Å². The van der Waals surface area contributed by atoms with Gasteiger partial charge in [0.05, 0.1) is 23.7 Å². The highest BCUT2D eigenvalue weighted by molar-refractivity contribution is 8.13. The Balaban J connectivity index is 2.80. The van der Waals surface area contributed by atoms with Crippen LogP contribution in [0.2, 0.25) is 0 Å². The van der Waals surface area contributed by atoms with E-state index in [2.05, 4.69) is 0 Å². The number of methoxy groups -OCH3 is 1. The molecule has 0 saturated heterocycles.